The van der Waals surface area contributed by atoms with Gasteiger partial charge in [-0.25, -0.2) is 0 Å². The smallest absolute Gasteiger partial charge is 0.305 e. The van der Waals surface area contributed by atoms with Crippen LogP contribution in [0.25, 0.3) is 0 Å². The molecule has 2 unspecified atom stereocenters. The summed E-state index contributed by atoms with van der Waals surface area (Å²) < 4.78 is 5.44. The average Bonchev–Trinajstić information content (AvgIpc) is 3.29. The molecule has 0 aliphatic carbocycles. The summed E-state index contributed by atoms with van der Waals surface area (Å²) >= 11 is 0. The van der Waals surface area contributed by atoms with Gasteiger partial charge in [0, 0.05) is 12.8 Å². The molecular weight excluding hydrogens is 791 g/mol. The summed E-state index contributed by atoms with van der Waals surface area (Å²) in [5, 5.41) is 23.3. The van der Waals surface area contributed by atoms with Crippen molar-refractivity contribution in [2.45, 2.75) is 309 Å². The summed E-state index contributed by atoms with van der Waals surface area (Å²) in [6.07, 6.45) is 65.6. The molecule has 6 nitrogen and oxygen atoms in total. The summed E-state index contributed by atoms with van der Waals surface area (Å²) in [5.74, 6) is -0.144. The average molecular weight is 901 g/mol. The van der Waals surface area contributed by atoms with Crippen molar-refractivity contribution in [2.24, 2.45) is 0 Å². The van der Waals surface area contributed by atoms with E-state index in [0.717, 1.165) is 83.5 Å². The molecule has 0 saturated heterocycles. The van der Waals surface area contributed by atoms with Gasteiger partial charge in [0.1, 0.15) is 0 Å². The fraction of sp³-hybridized carbons (Fsp3) is 0.862. The van der Waals surface area contributed by atoms with Gasteiger partial charge in [0.25, 0.3) is 0 Å². The highest BCUT2D eigenvalue weighted by Gasteiger charge is 2.20. The lowest BCUT2D eigenvalue weighted by molar-refractivity contribution is -0.143. The minimum absolute atomic E-state index is 0.0487. The van der Waals surface area contributed by atoms with Crippen LogP contribution in [0.2, 0.25) is 0 Å². The van der Waals surface area contributed by atoms with Crippen LogP contribution >= 0.6 is 0 Å². The molecule has 0 aromatic carbocycles. The first kappa shape index (κ1) is 62.1. The summed E-state index contributed by atoms with van der Waals surface area (Å²) in [4.78, 5) is 24.5. The second-order valence-electron chi connectivity index (χ2n) is 19.3. The maximum atomic E-state index is 12.5. The first-order valence-corrected chi connectivity index (χ1v) is 28.2. The van der Waals surface area contributed by atoms with E-state index < -0.39 is 12.1 Å². The van der Waals surface area contributed by atoms with E-state index in [1.807, 2.05) is 0 Å². The Morgan fingerprint density at radius 3 is 1.25 bits per heavy atom. The molecule has 1 amide bonds. The Balaban J connectivity index is 3.53. The van der Waals surface area contributed by atoms with Gasteiger partial charge in [-0.15, -0.1) is 0 Å². The molecule has 376 valence electrons. The molecule has 0 bridgehead atoms. The van der Waals surface area contributed by atoms with E-state index >= 15 is 0 Å². The van der Waals surface area contributed by atoms with E-state index in [9.17, 15) is 19.8 Å². The lowest BCUT2D eigenvalue weighted by atomic mass is 10.0. The zero-order chi connectivity index (χ0) is 46.5. The topological polar surface area (TPSA) is 95.9 Å². The summed E-state index contributed by atoms with van der Waals surface area (Å²) in [6, 6.07) is -0.582. The third-order valence-corrected chi connectivity index (χ3v) is 12.9. The molecule has 0 aliphatic heterocycles. The molecule has 6 heteroatoms. The van der Waals surface area contributed by atoms with Gasteiger partial charge in [-0.1, -0.05) is 243 Å². The number of aliphatic hydroxyl groups excluding tert-OH is 2. The van der Waals surface area contributed by atoms with Crippen molar-refractivity contribution in [2.75, 3.05) is 13.2 Å². The van der Waals surface area contributed by atoms with Crippen molar-refractivity contribution < 1.29 is 24.5 Å². The monoisotopic (exact) mass is 900 g/mol. The third-order valence-electron chi connectivity index (χ3n) is 12.9. The Bertz CT molecular complexity index is 1040. The number of unbranched alkanes of at least 4 members (excludes halogenated alkanes) is 35. The lowest BCUT2D eigenvalue weighted by Crippen LogP contribution is -2.45. The third kappa shape index (κ3) is 49.5. The molecule has 0 heterocycles. The van der Waals surface area contributed by atoms with Gasteiger partial charge in [-0.2, -0.15) is 0 Å². The van der Waals surface area contributed by atoms with Gasteiger partial charge in [0.15, 0.2) is 0 Å². The van der Waals surface area contributed by atoms with Crippen molar-refractivity contribution in [1.82, 2.24) is 5.32 Å². The standard InChI is InChI=1S/C58H109NO5/c1-3-5-7-9-11-13-15-17-19-21-22-23-24-25-26-27-29-31-34-38-42-46-50-56(61)55(54-60)59-57(62)51-47-43-39-35-33-37-41-45-49-53-64-58(63)52-48-44-40-36-32-30-28-20-18-16-14-12-10-8-6-4-2/h14,16,20,28,35,39,55-56,60-61H,3-13,15,17-19,21-27,29-34,36-38,40-54H2,1-2H3,(H,59,62)/b16-14-,28-20-,39-35-. The van der Waals surface area contributed by atoms with Crippen LogP contribution in [0.3, 0.4) is 0 Å². The van der Waals surface area contributed by atoms with Gasteiger partial charge < -0.3 is 20.3 Å². The van der Waals surface area contributed by atoms with Gasteiger partial charge in [0.05, 0.1) is 25.4 Å². The molecule has 0 spiro atoms. The number of carbonyl (C=O) groups is 2. The van der Waals surface area contributed by atoms with Crippen LogP contribution in [0.15, 0.2) is 36.5 Å². The number of esters is 1. The fourth-order valence-corrected chi connectivity index (χ4v) is 8.56. The maximum absolute atomic E-state index is 12.5. The minimum atomic E-state index is -0.698. The van der Waals surface area contributed by atoms with E-state index in [2.05, 4.69) is 55.6 Å². The minimum Gasteiger partial charge on any atom is -0.466 e. The molecule has 0 fully saturated rings. The zero-order valence-corrected chi connectivity index (χ0v) is 42.8. The van der Waals surface area contributed by atoms with E-state index in [1.54, 1.807) is 0 Å². The SMILES string of the molecule is CCCCCC/C=C\C/C=C\CCCCCCCC(=O)OCCCCCC/C=C\CCCC(=O)NC(CO)C(O)CCCCCCCCCCCCCCCCCCCCCCCC. The van der Waals surface area contributed by atoms with Crippen LogP contribution in [0, 0.1) is 0 Å². The first-order chi connectivity index (χ1) is 31.5. The van der Waals surface area contributed by atoms with Gasteiger partial charge >= 0.3 is 5.97 Å². The molecule has 0 rings (SSSR count). The van der Waals surface area contributed by atoms with Crippen molar-refractivity contribution in [3.05, 3.63) is 36.5 Å². The van der Waals surface area contributed by atoms with Crippen LogP contribution in [-0.2, 0) is 14.3 Å². The number of ether oxygens (including phenoxy) is 1. The second kappa shape index (κ2) is 53.7. The first-order valence-electron chi connectivity index (χ1n) is 28.2. The Kier molecular flexibility index (Phi) is 52.1. The number of aliphatic hydroxyl groups is 2. The molecule has 0 aromatic heterocycles. The normalized spacial score (nSPS) is 12.9. The van der Waals surface area contributed by atoms with E-state index in [0.29, 0.717) is 25.9 Å². The molecule has 0 saturated carbocycles. The van der Waals surface area contributed by atoms with Crippen LogP contribution in [0.4, 0.5) is 0 Å². The molecular formula is C58H109NO5. The Morgan fingerprint density at radius 1 is 0.438 bits per heavy atom. The fourth-order valence-electron chi connectivity index (χ4n) is 8.56. The highest BCUT2D eigenvalue weighted by atomic mass is 16.5. The maximum Gasteiger partial charge on any atom is 0.305 e. The molecule has 0 aliphatic rings. The van der Waals surface area contributed by atoms with E-state index in [1.165, 1.54) is 180 Å². The molecule has 64 heavy (non-hydrogen) atoms. The Hall–Kier alpha value is -1.92. The van der Waals surface area contributed by atoms with Crippen LogP contribution < -0.4 is 5.32 Å². The molecule has 3 N–H and O–H groups in total. The van der Waals surface area contributed by atoms with Crippen molar-refractivity contribution in [3.8, 4) is 0 Å². The largest absolute Gasteiger partial charge is 0.466 e. The lowest BCUT2D eigenvalue weighted by Gasteiger charge is -2.22. The highest BCUT2D eigenvalue weighted by Crippen LogP contribution is 2.17. The number of rotatable bonds is 52. The quantitative estimate of drug-likeness (QED) is 0.0321. The molecule has 2 atom stereocenters. The number of allylic oxidation sites excluding steroid dienone is 6. The summed E-state index contributed by atoms with van der Waals surface area (Å²) in [5.41, 5.74) is 0. The predicted molar refractivity (Wildman–Crippen MR) is 278 cm³/mol. The number of carbonyl (C=O) groups excluding carboxylic acids is 2. The van der Waals surface area contributed by atoms with E-state index in [-0.39, 0.29) is 18.5 Å². The van der Waals surface area contributed by atoms with Gasteiger partial charge in [-0.05, 0) is 77.0 Å². The van der Waals surface area contributed by atoms with E-state index in [4.69, 9.17) is 4.74 Å². The number of nitrogens with one attached hydrogen (secondary N) is 1. The Labute approximate surface area is 398 Å². The highest BCUT2D eigenvalue weighted by molar-refractivity contribution is 5.76. The number of hydrogen-bond acceptors (Lipinski definition) is 5. The van der Waals surface area contributed by atoms with Crippen molar-refractivity contribution in [1.29, 1.82) is 0 Å². The molecule has 0 aromatic rings. The zero-order valence-electron chi connectivity index (χ0n) is 42.8. The van der Waals surface area contributed by atoms with Crippen LogP contribution in [0.1, 0.15) is 296 Å². The van der Waals surface area contributed by atoms with Gasteiger partial charge in [-0.3, -0.25) is 9.59 Å². The number of amides is 1. The Morgan fingerprint density at radius 2 is 0.797 bits per heavy atom. The van der Waals surface area contributed by atoms with Crippen LogP contribution in [-0.4, -0.2) is 47.4 Å². The predicted octanol–water partition coefficient (Wildman–Crippen LogP) is 17.2. The summed E-state index contributed by atoms with van der Waals surface area (Å²) in [6.45, 7) is 4.85. The van der Waals surface area contributed by atoms with Crippen molar-refractivity contribution >= 4 is 11.9 Å². The molecule has 0 radical (unpaired) electrons. The van der Waals surface area contributed by atoms with Gasteiger partial charge in [0.2, 0.25) is 5.91 Å². The second-order valence-corrected chi connectivity index (χ2v) is 19.3. The summed E-state index contributed by atoms with van der Waals surface area (Å²) in [7, 11) is 0. The van der Waals surface area contributed by atoms with Crippen LogP contribution in [0.5, 0.6) is 0 Å². The number of hydrogen-bond donors (Lipinski definition) is 3. The van der Waals surface area contributed by atoms with Crippen molar-refractivity contribution in [3.63, 3.8) is 0 Å².